The van der Waals surface area contributed by atoms with Crippen LogP contribution in [0.5, 0.6) is 0 Å². The third-order valence-corrected chi connectivity index (χ3v) is 4.81. The zero-order chi connectivity index (χ0) is 19.6. The average molecular weight is 447 g/mol. The molecular weight excluding hydrogens is 411 g/mol. The average Bonchev–Trinajstić information content (AvgIpc) is 2.58. The number of hydrogen-bond donors (Lipinski definition) is 3. The van der Waals surface area contributed by atoms with Gasteiger partial charge in [0.25, 0.3) is 0 Å². The van der Waals surface area contributed by atoms with Crippen molar-refractivity contribution in [2.75, 3.05) is 30.3 Å². The smallest absolute Gasteiger partial charge is 0.241 e. The zero-order valence-corrected chi connectivity index (χ0v) is 19.1. The van der Waals surface area contributed by atoms with Crippen molar-refractivity contribution >= 4 is 48.0 Å². The highest BCUT2D eigenvalue weighted by Gasteiger charge is 2.15. The van der Waals surface area contributed by atoms with Crippen molar-refractivity contribution in [1.29, 1.82) is 0 Å². The molecule has 29 heavy (non-hydrogen) atoms. The molecule has 166 valence electrons. The molecule has 4 N–H and O–H groups in total. The SMILES string of the molecule is CC(C)C[C@H](N)C(=O)Nc1ccc(NC(=O)CN2CCCCCCC2)cc1.Cl.Cl. The van der Waals surface area contributed by atoms with Gasteiger partial charge in [0.15, 0.2) is 0 Å². The molecule has 0 bridgehead atoms. The maximum atomic E-state index is 12.3. The highest BCUT2D eigenvalue weighted by Crippen LogP contribution is 2.15. The van der Waals surface area contributed by atoms with Gasteiger partial charge < -0.3 is 16.4 Å². The molecule has 1 aliphatic rings. The minimum absolute atomic E-state index is 0. The van der Waals surface area contributed by atoms with E-state index in [9.17, 15) is 9.59 Å². The van der Waals surface area contributed by atoms with E-state index < -0.39 is 6.04 Å². The van der Waals surface area contributed by atoms with Gasteiger partial charge in [0, 0.05) is 11.4 Å². The number of rotatable bonds is 7. The quantitative estimate of drug-likeness (QED) is 0.589. The molecule has 2 amide bonds. The third kappa shape index (κ3) is 10.8. The van der Waals surface area contributed by atoms with Gasteiger partial charge in [-0.25, -0.2) is 0 Å². The van der Waals surface area contributed by atoms with E-state index in [1.165, 1.54) is 32.1 Å². The number of carbonyl (C=O) groups excluding carboxylic acids is 2. The summed E-state index contributed by atoms with van der Waals surface area (Å²) in [5, 5.41) is 5.76. The van der Waals surface area contributed by atoms with E-state index in [1.807, 2.05) is 13.8 Å². The Balaban J connectivity index is 0.00000392. The molecule has 1 atom stereocenters. The second-order valence-electron chi connectivity index (χ2n) is 7.89. The van der Waals surface area contributed by atoms with Crippen LogP contribution < -0.4 is 16.4 Å². The highest BCUT2D eigenvalue weighted by atomic mass is 35.5. The molecule has 1 heterocycles. The van der Waals surface area contributed by atoms with Crippen LogP contribution in [0.25, 0.3) is 0 Å². The van der Waals surface area contributed by atoms with Crippen molar-refractivity contribution in [2.45, 2.75) is 58.4 Å². The number of amides is 2. The number of nitrogens with zero attached hydrogens (tertiary/aromatic N) is 1. The first-order valence-corrected chi connectivity index (χ1v) is 10.1. The Morgan fingerprint density at radius 1 is 0.931 bits per heavy atom. The van der Waals surface area contributed by atoms with Gasteiger partial charge in [0.05, 0.1) is 12.6 Å². The lowest BCUT2D eigenvalue weighted by Gasteiger charge is -2.23. The Bertz CT molecular complexity index is 603. The summed E-state index contributed by atoms with van der Waals surface area (Å²) < 4.78 is 0. The van der Waals surface area contributed by atoms with E-state index in [-0.39, 0.29) is 36.6 Å². The van der Waals surface area contributed by atoms with Crippen LogP contribution in [0.15, 0.2) is 24.3 Å². The summed E-state index contributed by atoms with van der Waals surface area (Å²) in [5.74, 6) is 0.195. The van der Waals surface area contributed by atoms with Gasteiger partial charge >= 0.3 is 0 Å². The van der Waals surface area contributed by atoms with E-state index in [0.717, 1.165) is 18.8 Å². The summed E-state index contributed by atoms with van der Waals surface area (Å²) in [7, 11) is 0. The number of benzene rings is 1. The van der Waals surface area contributed by atoms with Crippen LogP contribution in [0.4, 0.5) is 11.4 Å². The molecule has 0 aliphatic carbocycles. The number of carbonyl (C=O) groups is 2. The number of anilines is 2. The minimum Gasteiger partial charge on any atom is -0.325 e. The Hall–Kier alpha value is -1.34. The monoisotopic (exact) mass is 446 g/mol. The van der Waals surface area contributed by atoms with Crippen molar-refractivity contribution in [2.24, 2.45) is 11.7 Å². The number of nitrogens with one attached hydrogen (secondary N) is 2. The van der Waals surface area contributed by atoms with E-state index in [1.54, 1.807) is 24.3 Å². The summed E-state index contributed by atoms with van der Waals surface area (Å²) in [6.07, 6.45) is 6.81. The molecule has 0 spiro atoms. The summed E-state index contributed by atoms with van der Waals surface area (Å²) >= 11 is 0. The maximum absolute atomic E-state index is 12.3. The van der Waals surface area contributed by atoms with Crippen molar-refractivity contribution in [3.05, 3.63) is 24.3 Å². The molecule has 1 aromatic rings. The van der Waals surface area contributed by atoms with E-state index in [2.05, 4.69) is 15.5 Å². The Morgan fingerprint density at radius 3 is 1.93 bits per heavy atom. The topological polar surface area (TPSA) is 87.5 Å². The standard InChI is InChI=1S/C21H34N4O2.2ClH/c1-16(2)14-19(22)21(27)24-18-10-8-17(9-11-18)23-20(26)15-25-12-6-4-3-5-7-13-25;;/h8-11,16,19H,3-7,12-15,22H2,1-2H3,(H,23,26)(H,24,27);2*1H/t19-;;/m0../s1. The maximum Gasteiger partial charge on any atom is 0.241 e. The second kappa shape index (κ2) is 14.6. The molecular formula is C21H36Cl2N4O2. The fourth-order valence-electron chi connectivity index (χ4n) is 3.36. The summed E-state index contributed by atoms with van der Waals surface area (Å²) in [6, 6.07) is 6.66. The molecule has 1 fully saturated rings. The highest BCUT2D eigenvalue weighted by molar-refractivity contribution is 5.95. The van der Waals surface area contributed by atoms with Crippen LogP contribution in [-0.2, 0) is 9.59 Å². The molecule has 0 aromatic heterocycles. The second-order valence-corrected chi connectivity index (χ2v) is 7.89. The van der Waals surface area contributed by atoms with E-state index >= 15 is 0 Å². The van der Waals surface area contributed by atoms with Crippen molar-refractivity contribution in [1.82, 2.24) is 4.90 Å². The van der Waals surface area contributed by atoms with E-state index in [4.69, 9.17) is 5.73 Å². The molecule has 0 saturated carbocycles. The van der Waals surface area contributed by atoms with Gasteiger partial charge in [-0.05, 0) is 62.5 Å². The number of hydrogen-bond acceptors (Lipinski definition) is 4. The number of likely N-dealkylation sites (tertiary alicyclic amines) is 1. The Kier molecular flexibility index (Phi) is 13.9. The summed E-state index contributed by atoms with van der Waals surface area (Å²) in [4.78, 5) is 26.6. The molecule has 0 unspecified atom stereocenters. The lowest BCUT2D eigenvalue weighted by molar-refractivity contribution is -0.118. The lowest BCUT2D eigenvalue weighted by atomic mass is 10.0. The van der Waals surface area contributed by atoms with Crippen LogP contribution in [0.2, 0.25) is 0 Å². The summed E-state index contributed by atoms with van der Waals surface area (Å²) in [5.41, 5.74) is 7.31. The van der Waals surface area contributed by atoms with Crippen molar-refractivity contribution in [3.8, 4) is 0 Å². The Morgan fingerprint density at radius 2 is 1.41 bits per heavy atom. The molecule has 6 nitrogen and oxygen atoms in total. The molecule has 2 rings (SSSR count). The fourth-order valence-corrected chi connectivity index (χ4v) is 3.36. The van der Waals surface area contributed by atoms with Gasteiger partial charge in [-0.2, -0.15) is 0 Å². The third-order valence-electron chi connectivity index (χ3n) is 4.81. The first-order chi connectivity index (χ1) is 12.9. The Labute approximate surface area is 187 Å². The fraction of sp³-hybridized carbons (Fsp3) is 0.619. The van der Waals surface area contributed by atoms with Crippen molar-refractivity contribution < 1.29 is 9.59 Å². The first-order valence-electron chi connectivity index (χ1n) is 10.1. The lowest BCUT2D eigenvalue weighted by Crippen LogP contribution is -2.36. The van der Waals surface area contributed by atoms with Gasteiger partial charge in [-0.3, -0.25) is 14.5 Å². The van der Waals surface area contributed by atoms with Crippen LogP contribution in [-0.4, -0.2) is 42.4 Å². The number of nitrogens with two attached hydrogens (primary N) is 1. The zero-order valence-electron chi connectivity index (χ0n) is 17.5. The molecule has 1 saturated heterocycles. The number of halogens is 2. The van der Waals surface area contributed by atoms with Crippen molar-refractivity contribution in [3.63, 3.8) is 0 Å². The van der Waals surface area contributed by atoms with Gasteiger partial charge in [-0.1, -0.05) is 33.1 Å². The predicted octanol–water partition coefficient (Wildman–Crippen LogP) is 4.05. The van der Waals surface area contributed by atoms with Gasteiger partial charge in [0.1, 0.15) is 0 Å². The van der Waals surface area contributed by atoms with Crippen LogP contribution in [0.1, 0.15) is 52.4 Å². The summed E-state index contributed by atoms with van der Waals surface area (Å²) in [6.45, 7) is 6.50. The van der Waals surface area contributed by atoms with Gasteiger partial charge in [-0.15, -0.1) is 24.8 Å². The van der Waals surface area contributed by atoms with E-state index in [0.29, 0.717) is 24.6 Å². The molecule has 8 heteroatoms. The largest absolute Gasteiger partial charge is 0.325 e. The predicted molar refractivity (Wildman–Crippen MR) is 125 cm³/mol. The van der Waals surface area contributed by atoms with Crippen LogP contribution in [0.3, 0.4) is 0 Å². The first kappa shape index (κ1) is 27.7. The molecule has 1 aliphatic heterocycles. The molecule has 1 aromatic carbocycles. The normalized spacial score (nSPS) is 15.9. The van der Waals surface area contributed by atoms with Gasteiger partial charge in [0.2, 0.25) is 11.8 Å². The molecule has 0 radical (unpaired) electrons. The minimum atomic E-state index is -0.512. The van der Waals surface area contributed by atoms with Crippen LogP contribution in [0, 0.1) is 5.92 Å². The van der Waals surface area contributed by atoms with Crippen LogP contribution >= 0.6 is 24.8 Å².